The van der Waals surface area contributed by atoms with Gasteiger partial charge in [0, 0.05) is 18.3 Å². The summed E-state index contributed by atoms with van der Waals surface area (Å²) in [5, 5.41) is 12.9. The molecule has 0 spiro atoms. The molecule has 1 heterocycles. The number of nitrogens with one attached hydrogen (secondary N) is 1. The summed E-state index contributed by atoms with van der Waals surface area (Å²) >= 11 is 5.78. The largest absolute Gasteiger partial charge is 0.508 e. The number of carbonyl (C=O) groups is 1. The van der Waals surface area contributed by atoms with Crippen LogP contribution >= 0.6 is 11.6 Å². The van der Waals surface area contributed by atoms with Crippen molar-refractivity contribution in [3.63, 3.8) is 0 Å². The number of phenols is 1. The molecule has 0 atom stereocenters. The van der Waals surface area contributed by atoms with E-state index in [1.807, 2.05) is 6.07 Å². The van der Waals surface area contributed by atoms with Crippen molar-refractivity contribution in [3.8, 4) is 5.75 Å². The minimum Gasteiger partial charge on any atom is -0.508 e. The van der Waals surface area contributed by atoms with Crippen LogP contribution in [0.25, 0.3) is 0 Å². The van der Waals surface area contributed by atoms with Crippen LogP contribution in [0.5, 0.6) is 5.75 Å². The molecule has 0 saturated heterocycles. The van der Waals surface area contributed by atoms with E-state index in [0.717, 1.165) is 0 Å². The Morgan fingerprint density at radius 2 is 2.16 bits per heavy atom. The summed E-state index contributed by atoms with van der Waals surface area (Å²) in [7, 11) is 0. The van der Waals surface area contributed by atoms with Gasteiger partial charge in [0.05, 0.1) is 11.3 Å². The number of phenolic OH excluding ortho intramolecular Hbond substituents is 1. The monoisotopic (exact) mass is 277 g/mol. The molecule has 0 aliphatic carbocycles. The maximum Gasteiger partial charge on any atom is 0.252 e. The Kier molecular flexibility index (Phi) is 3.87. The molecule has 0 bridgehead atoms. The topological polar surface area (TPSA) is 88.2 Å². The van der Waals surface area contributed by atoms with Crippen molar-refractivity contribution in [1.29, 1.82) is 0 Å². The second kappa shape index (κ2) is 5.58. The first-order valence-corrected chi connectivity index (χ1v) is 5.92. The van der Waals surface area contributed by atoms with Gasteiger partial charge in [0.1, 0.15) is 10.9 Å². The fourth-order valence-corrected chi connectivity index (χ4v) is 1.78. The highest BCUT2D eigenvalue weighted by Crippen LogP contribution is 2.21. The van der Waals surface area contributed by atoms with E-state index >= 15 is 0 Å². The van der Waals surface area contributed by atoms with Crippen LogP contribution in [0.1, 0.15) is 15.9 Å². The van der Waals surface area contributed by atoms with Crippen LogP contribution < -0.4 is 11.1 Å². The highest BCUT2D eigenvalue weighted by atomic mass is 35.5. The molecule has 1 aromatic heterocycles. The van der Waals surface area contributed by atoms with E-state index < -0.39 is 5.91 Å². The number of aromatic hydroxyl groups is 1. The zero-order valence-corrected chi connectivity index (χ0v) is 10.7. The molecule has 5 nitrogen and oxygen atoms in total. The van der Waals surface area contributed by atoms with Crippen LogP contribution in [0, 0.1) is 0 Å². The number of rotatable bonds is 4. The number of hydrogen-bond acceptors (Lipinski definition) is 4. The number of hydrogen-bond donors (Lipinski definition) is 3. The summed E-state index contributed by atoms with van der Waals surface area (Å²) in [4.78, 5) is 15.1. The Hall–Kier alpha value is -2.27. The van der Waals surface area contributed by atoms with Crippen molar-refractivity contribution in [2.24, 2.45) is 5.73 Å². The van der Waals surface area contributed by atoms with Gasteiger partial charge >= 0.3 is 0 Å². The molecule has 0 fully saturated rings. The summed E-state index contributed by atoms with van der Waals surface area (Å²) in [6.45, 7) is 0.341. The first-order valence-electron chi connectivity index (χ1n) is 5.54. The Labute approximate surface area is 115 Å². The SMILES string of the molecule is NC(=O)c1cnc(Cl)cc1NCc1ccccc1O. The zero-order valence-electron chi connectivity index (χ0n) is 9.93. The van der Waals surface area contributed by atoms with Gasteiger partial charge in [-0.3, -0.25) is 4.79 Å². The van der Waals surface area contributed by atoms with Crippen LogP contribution in [0.4, 0.5) is 5.69 Å². The summed E-state index contributed by atoms with van der Waals surface area (Å²) in [6.07, 6.45) is 1.32. The molecular weight excluding hydrogens is 266 g/mol. The van der Waals surface area contributed by atoms with E-state index in [-0.39, 0.29) is 16.5 Å². The highest BCUT2D eigenvalue weighted by molar-refractivity contribution is 6.29. The lowest BCUT2D eigenvalue weighted by molar-refractivity contribution is 0.100. The Morgan fingerprint density at radius 3 is 2.84 bits per heavy atom. The molecule has 2 aromatic rings. The number of halogens is 1. The summed E-state index contributed by atoms with van der Waals surface area (Å²) in [5.41, 5.74) is 6.68. The number of nitrogens with zero attached hydrogens (tertiary/aromatic N) is 1. The normalized spacial score (nSPS) is 10.2. The summed E-state index contributed by atoms with van der Waals surface area (Å²) in [6, 6.07) is 8.42. The fraction of sp³-hybridized carbons (Fsp3) is 0.0769. The number of pyridine rings is 1. The molecular formula is C13H12ClN3O2. The van der Waals surface area contributed by atoms with Crippen molar-refractivity contribution in [2.75, 3.05) is 5.32 Å². The molecule has 0 saturated carbocycles. The minimum atomic E-state index is -0.594. The third-order valence-corrected chi connectivity index (χ3v) is 2.80. The molecule has 6 heteroatoms. The lowest BCUT2D eigenvalue weighted by Gasteiger charge is -2.11. The number of para-hydroxylation sites is 1. The molecule has 0 unspecified atom stereocenters. The van der Waals surface area contributed by atoms with Crippen molar-refractivity contribution < 1.29 is 9.90 Å². The first-order chi connectivity index (χ1) is 9.08. The van der Waals surface area contributed by atoms with Crippen LogP contribution in [0.2, 0.25) is 5.15 Å². The van der Waals surface area contributed by atoms with Crippen LogP contribution in [-0.4, -0.2) is 16.0 Å². The molecule has 4 N–H and O–H groups in total. The second-order valence-corrected chi connectivity index (χ2v) is 4.29. The number of aromatic nitrogens is 1. The van der Waals surface area contributed by atoms with Crippen molar-refractivity contribution in [1.82, 2.24) is 4.98 Å². The zero-order chi connectivity index (χ0) is 13.8. The molecule has 0 radical (unpaired) electrons. The maximum absolute atomic E-state index is 11.3. The second-order valence-electron chi connectivity index (χ2n) is 3.90. The molecule has 19 heavy (non-hydrogen) atoms. The molecule has 1 aromatic carbocycles. The van der Waals surface area contributed by atoms with Gasteiger partial charge in [-0.05, 0) is 12.1 Å². The van der Waals surface area contributed by atoms with E-state index in [1.54, 1.807) is 18.2 Å². The minimum absolute atomic E-state index is 0.177. The number of nitrogens with two attached hydrogens (primary N) is 1. The van der Waals surface area contributed by atoms with Crippen LogP contribution in [-0.2, 0) is 6.54 Å². The molecule has 2 rings (SSSR count). The quantitative estimate of drug-likeness (QED) is 0.747. The average molecular weight is 278 g/mol. The van der Waals surface area contributed by atoms with Gasteiger partial charge in [0.15, 0.2) is 0 Å². The third-order valence-electron chi connectivity index (χ3n) is 2.60. The van der Waals surface area contributed by atoms with Crippen molar-refractivity contribution in [3.05, 3.63) is 52.8 Å². The Balaban J connectivity index is 2.22. The van der Waals surface area contributed by atoms with Gasteiger partial charge in [0.2, 0.25) is 0 Å². The van der Waals surface area contributed by atoms with Gasteiger partial charge in [-0.15, -0.1) is 0 Å². The maximum atomic E-state index is 11.3. The number of primary amides is 1. The average Bonchev–Trinajstić information content (AvgIpc) is 2.37. The molecule has 1 amide bonds. The van der Waals surface area contributed by atoms with E-state index in [9.17, 15) is 9.90 Å². The molecule has 98 valence electrons. The Morgan fingerprint density at radius 1 is 1.42 bits per heavy atom. The number of carbonyl (C=O) groups excluding carboxylic acids is 1. The predicted molar refractivity (Wildman–Crippen MR) is 73.2 cm³/mol. The number of amides is 1. The van der Waals surface area contributed by atoms with Crippen LogP contribution in [0.15, 0.2) is 36.5 Å². The summed E-state index contributed by atoms with van der Waals surface area (Å²) in [5.74, 6) is -0.417. The lowest BCUT2D eigenvalue weighted by Crippen LogP contribution is -2.15. The number of benzene rings is 1. The molecule has 0 aliphatic heterocycles. The number of anilines is 1. The van der Waals surface area contributed by atoms with Crippen molar-refractivity contribution in [2.45, 2.75) is 6.54 Å². The Bertz CT molecular complexity index is 617. The highest BCUT2D eigenvalue weighted by Gasteiger charge is 2.10. The first kappa shape index (κ1) is 13.2. The van der Waals surface area contributed by atoms with E-state index in [0.29, 0.717) is 17.8 Å². The standard InChI is InChI=1S/C13H12ClN3O2/c14-12-5-10(9(7-17-12)13(15)19)16-6-8-3-1-2-4-11(8)18/h1-5,7,18H,6H2,(H2,15,19)(H,16,17). The summed E-state index contributed by atoms with van der Waals surface area (Å²) < 4.78 is 0. The van der Waals surface area contributed by atoms with Gasteiger partial charge in [-0.2, -0.15) is 0 Å². The van der Waals surface area contributed by atoms with Gasteiger partial charge in [0.25, 0.3) is 5.91 Å². The fourth-order valence-electron chi connectivity index (χ4n) is 1.62. The molecule has 0 aliphatic rings. The van der Waals surface area contributed by atoms with E-state index in [2.05, 4.69) is 10.3 Å². The van der Waals surface area contributed by atoms with E-state index in [4.69, 9.17) is 17.3 Å². The predicted octanol–water partition coefficient (Wildman–Crippen LogP) is 2.15. The van der Waals surface area contributed by atoms with Crippen LogP contribution in [0.3, 0.4) is 0 Å². The lowest BCUT2D eigenvalue weighted by atomic mass is 10.2. The van der Waals surface area contributed by atoms with Gasteiger partial charge < -0.3 is 16.2 Å². The van der Waals surface area contributed by atoms with Gasteiger partial charge in [-0.25, -0.2) is 4.98 Å². The third kappa shape index (κ3) is 3.14. The van der Waals surface area contributed by atoms with Gasteiger partial charge in [-0.1, -0.05) is 29.8 Å². The van der Waals surface area contributed by atoms with Crippen molar-refractivity contribution >= 4 is 23.2 Å². The smallest absolute Gasteiger partial charge is 0.252 e. The van der Waals surface area contributed by atoms with E-state index in [1.165, 1.54) is 12.3 Å².